The number of carboxylic acids is 1. The summed E-state index contributed by atoms with van der Waals surface area (Å²) in [6.45, 7) is 3.17. The lowest BCUT2D eigenvalue weighted by Gasteiger charge is -2.26. The topological polar surface area (TPSA) is 191 Å². The van der Waals surface area contributed by atoms with E-state index < -0.39 is 61.1 Å². The number of nitrogens with one attached hydrogen (secondary N) is 3. The zero-order valence-electron chi connectivity index (χ0n) is 14.4. The lowest BCUT2D eigenvalue weighted by molar-refractivity contribution is -0.139. The van der Waals surface area contributed by atoms with E-state index in [2.05, 4.69) is 10.6 Å². The van der Waals surface area contributed by atoms with Gasteiger partial charge in [0, 0.05) is 0 Å². The minimum atomic E-state index is -1.38. The lowest BCUT2D eigenvalue weighted by atomic mass is 10.0. The van der Waals surface area contributed by atoms with Gasteiger partial charge < -0.3 is 37.0 Å². The lowest BCUT2D eigenvalue weighted by Crippen LogP contribution is -2.59. The Kier molecular flexibility index (Phi) is 9.64. The van der Waals surface area contributed by atoms with Crippen molar-refractivity contribution in [2.24, 2.45) is 11.7 Å². The SMILES string of the molecule is CC(C)C(NC(=O)C(N)C(C)O)C(=O)NC(CO)C(=O)NCC(=O)O. The molecule has 0 aromatic heterocycles. The van der Waals surface area contributed by atoms with Crippen molar-refractivity contribution in [3.05, 3.63) is 0 Å². The molecule has 0 aliphatic heterocycles. The van der Waals surface area contributed by atoms with Gasteiger partial charge in [-0.3, -0.25) is 19.2 Å². The van der Waals surface area contributed by atoms with Gasteiger partial charge >= 0.3 is 5.97 Å². The van der Waals surface area contributed by atoms with Crippen LogP contribution in [0.15, 0.2) is 0 Å². The molecule has 0 radical (unpaired) electrons. The number of carbonyl (C=O) groups is 4. The number of hydrogen-bond donors (Lipinski definition) is 7. The van der Waals surface area contributed by atoms with Crippen molar-refractivity contribution in [2.75, 3.05) is 13.2 Å². The molecule has 0 saturated carbocycles. The summed E-state index contributed by atoms with van der Waals surface area (Å²) in [6, 6.07) is -3.68. The maximum atomic E-state index is 12.3. The van der Waals surface area contributed by atoms with Crippen LogP contribution in [-0.2, 0) is 19.2 Å². The molecule has 0 rings (SSSR count). The van der Waals surface area contributed by atoms with Crippen molar-refractivity contribution in [1.29, 1.82) is 0 Å². The Morgan fingerprint density at radius 1 is 1.00 bits per heavy atom. The minimum absolute atomic E-state index is 0.383. The Morgan fingerprint density at radius 3 is 1.96 bits per heavy atom. The van der Waals surface area contributed by atoms with Gasteiger partial charge in [0.1, 0.15) is 24.7 Å². The fourth-order valence-corrected chi connectivity index (χ4v) is 1.75. The Hall–Kier alpha value is -2.24. The van der Waals surface area contributed by atoms with E-state index in [0.29, 0.717) is 0 Å². The van der Waals surface area contributed by atoms with Crippen LogP contribution in [0.25, 0.3) is 0 Å². The van der Waals surface area contributed by atoms with E-state index in [4.69, 9.17) is 10.8 Å². The van der Waals surface area contributed by atoms with Crippen LogP contribution in [0.5, 0.6) is 0 Å². The predicted octanol–water partition coefficient (Wildman–Crippen LogP) is -3.49. The maximum absolute atomic E-state index is 12.3. The molecule has 0 aliphatic carbocycles. The van der Waals surface area contributed by atoms with Crippen molar-refractivity contribution in [2.45, 2.75) is 45.0 Å². The molecule has 25 heavy (non-hydrogen) atoms. The third-order valence-corrected chi connectivity index (χ3v) is 3.30. The molecule has 4 unspecified atom stereocenters. The highest BCUT2D eigenvalue weighted by molar-refractivity contribution is 5.93. The van der Waals surface area contributed by atoms with E-state index >= 15 is 0 Å². The van der Waals surface area contributed by atoms with Crippen LogP contribution in [-0.4, -0.2) is 76.4 Å². The Balaban J connectivity index is 4.94. The number of nitrogens with two attached hydrogens (primary N) is 1. The first-order valence-corrected chi connectivity index (χ1v) is 7.66. The minimum Gasteiger partial charge on any atom is -0.480 e. The summed E-state index contributed by atoms with van der Waals surface area (Å²) in [7, 11) is 0. The molecule has 11 heteroatoms. The largest absolute Gasteiger partial charge is 0.480 e. The Morgan fingerprint density at radius 2 is 1.56 bits per heavy atom. The Bertz CT molecular complexity index is 496. The molecule has 0 saturated heterocycles. The van der Waals surface area contributed by atoms with Gasteiger partial charge in [-0.25, -0.2) is 0 Å². The van der Waals surface area contributed by atoms with Crippen LogP contribution in [0.4, 0.5) is 0 Å². The summed E-state index contributed by atoms with van der Waals surface area (Å²) in [5.41, 5.74) is 5.50. The fraction of sp³-hybridized carbons (Fsp3) is 0.714. The van der Waals surface area contributed by atoms with E-state index in [9.17, 15) is 29.4 Å². The molecular formula is C14H26N4O7. The van der Waals surface area contributed by atoms with Gasteiger partial charge in [0.2, 0.25) is 17.7 Å². The van der Waals surface area contributed by atoms with Crippen LogP contribution < -0.4 is 21.7 Å². The standard InChI is InChI=1S/C14H26N4O7/c1-6(2)11(18-13(24)10(15)7(3)20)14(25)17-8(5-19)12(23)16-4-9(21)22/h6-8,10-11,19-20H,4-5,15H2,1-3H3,(H,16,23)(H,17,25)(H,18,24)(H,21,22). The second-order valence-electron chi connectivity index (χ2n) is 5.85. The summed E-state index contributed by atoms with van der Waals surface area (Å²) in [6.07, 6.45) is -1.12. The van der Waals surface area contributed by atoms with E-state index in [0.717, 1.165) is 0 Å². The molecular weight excluding hydrogens is 336 g/mol. The van der Waals surface area contributed by atoms with Gasteiger partial charge in [0.15, 0.2) is 0 Å². The van der Waals surface area contributed by atoms with E-state index in [1.54, 1.807) is 13.8 Å². The molecule has 0 aromatic rings. The smallest absolute Gasteiger partial charge is 0.322 e. The molecule has 0 fully saturated rings. The molecule has 144 valence electrons. The molecule has 0 bridgehead atoms. The first-order chi connectivity index (χ1) is 11.5. The second-order valence-corrected chi connectivity index (χ2v) is 5.85. The molecule has 0 aromatic carbocycles. The van der Waals surface area contributed by atoms with Gasteiger partial charge in [0.05, 0.1) is 12.7 Å². The number of aliphatic carboxylic acids is 1. The van der Waals surface area contributed by atoms with E-state index in [1.807, 2.05) is 5.32 Å². The van der Waals surface area contributed by atoms with Crippen LogP contribution in [0.2, 0.25) is 0 Å². The molecule has 11 nitrogen and oxygen atoms in total. The average Bonchev–Trinajstić information content (AvgIpc) is 2.53. The van der Waals surface area contributed by atoms with Crippen LogP contribution in [0.1, 0.15) is 20.8 Å². The number of carboxylic acid groups (broad SMARTS) is 1. The fourth-order valence-electron chi connectivity index (χ4n) is 1.75. The van der Waals surface area contributed by atoms with Gasteiger partial charge in [-0.1, -0.05) is 13.8 Å². The van der Waals surface area contributed by atoms with Crippen LogP contribution in [0.3, 0.4) is 0 Å². The number of rotatable bonds is 10. The van der Waals surface area contributed by atoms with Crippen molar-refractivity contribution >= 4 is 23.7 Å². The highest BCUT2D eigenvalue weighted by Gasteiger charge is 2.30. The first kappa shape index (κ1) is 22.8. The Labute approximate surface area is 145 Å². The summed E-state index contributed by atoms with van der Waals surface area (Å²) in [5.74, 6) is -4.06. The number of hydrogen-bond acceptors (Lipinski definition) is 7. The van der Waals surface area contributed by atoms with Gasteiger partial charge in [0.25, 0.3) is 0 Å². The third-order valence-electron chi connectivity index (χ3n) is 3.30. The van der Waals surface area contributed by atoms with Gasteiger partial charge in [-0.15, -0.1) is 0 Å². The average molecular weight is 362 g/mol. The van der Waals surface area contributed by atoms with E-state index in [-0.39, 0.29) is 5.92 Å². The first-order valence-electron chi connectivity index (χ1n) is 7.66. The molecule has 3 amide bonds. The highest BCUT2D eigenvalue weighted by Crippen LogP contribution is 2.04. The number of amides is 3. The van der Waals surface area contributed by atoms with Gasteiger partial charge in [-0.2, -0.15) is 0 Å². The third kappa shape index (κ3) is 7.92. The van der Waals surface area contributed by atoms with Crippen LogP contribution in [0, 0.1) is 5.92 Å². The van der Waals surface area contributed by atoms with Gasteiger partial charge in [-0.05, 0) is 12.8 Å². The summed E-state index contributed by atoms with van der Waals surface area (Å²) >= 11 is 0. The highest BCUT2D eigenvalue weighted by atomic mass is 16.4. The molecule has 0 spiro atoms. The summed E-state index contributed by atoms with van der Waals surface area (Å²) < 4.78 is 0. The maximum Gasteiger partial charge on any atom is 0.322 e. The van der Waals surface area contributed by atoms with Crippen LogP contribution >= 0.6 is 0 Å². The van der Waals surface area contributed by atoms with Crippen molar-refractivity contribution in [3.63, 3.8) is 0 Å². The van der Waals surface area contributed by atoms with Crippen molar-refractivity contribution < 1.29 is 34.5 Å². The molecule has 8 N–H and O–H groups in total. The van der Waals surface area contributed by atoms with E-state index in [1.165, 1.54) is 6.92 Å². The molecule has 0 aliphatic rings. The second kappa shape index (κ2) is 10.6. The van der Waals surface area contributed by atoms with Crippen molar-refractivity contribution in [1.82, 2.24) is 16.0 Å². The quantitative estimate of drug-likeness (QED) is 0.208. The molecule has 4 atom stereocenters. The number of aliphatic hydroxyl groups is 2. The zero-order valence-corrected chi connectivity index (χ0v) is 14.4. The summed E-state index contributed by atoms with van der Waals surface area (Å²) in [4.78, 5) is 46.4. The predicted molar refractivity (Wildman–Crippen MR) is 86.1 cm³/mol. The number of aliphatic hydroxyl groups excluding tert-OH is 2. The zero-order chi connectivity index (χ0) is 19.7. The monoisotopic (exact) mass is 362 g/mol. The van der Waals surface area contributed by atoms with Crippen molar-refractivity contribution in [3.8, 4) is 0 Å². The normalized spacial score (nSPS) is 15.6. The summed E-state index contributed by atoms with van der Waals surface area (Å²) in [5, 5.41) is 33.7. The molecule has 0 heterocycles. The number of carbonyl (C=O) groups excluding carboxylic acids is 3.